The number of nitro groups is 1. The highest BCUT2D eigenvalue weighted by molar-refractivity contribution is 6.32. The van der Waals surface area contributed by atoms with Crippen molar-refractivity contribution in [3.63, 3.8) is 0 Å². The average Bonchev–Trinajstić information content (AvgIpc) is 2.73. The number of nitrogens with one attached hydrogen (secondary N) is 1. The molecule has 1 saturated heterocycles. The predicted molar refractivity (Wildman–Crippen MR) is 60.0 cm³/mol. The van der Waals surface area contributed by atoms with Gasteiger partial charge in [-0.1, -0.05) is 11.6 Å². The molecule has 6 heteroatoms. The lowest BCUT2D eigenvalue weighted by Crippen LogP contribution is -2.19. The van der Waals surface area contributed by atoms with Gasteiger partial charge in [-0.3, -0.25) is 10.1 Å². The first-order chi connectivity index (χ1) is 7.66. The minimum absolute atomic E-state index is 0.0260. The smallest absolute Gasteiger partial charge is 0.271 e. The Kier molecular flexibility index (Phi) is 3.26. The maximum Gasteiger partial charge on any atom is 0.271 e. The highest BCUT2D eigenvalue weighted by atomic mass is 35.5. The summed E-state index contributed by atoms with van der Waals surface area (Å²) >= 11 is 5.90. The largest absolute Gasteiger partial charge is 0.487 e. The van der Waals surface area contributed by atoms with E-state index in [1.54, 1.807) is 6.07 Å². The summed E-state index contributed by atoms with van der Waals surface area (Å²) in [5.74, 6) is 0.501. The number of hydrogen-bond acceptors (Lipinski definition) is 4. The fourth-order valence-electron chi connectivity index (χ4n) is 1.61. The Bertz CT molecular complexity index is 405. The normalized spacial score (nSPS) is 19.7. The summed E-state index contributed by atoms with van der Waals surface area (Å²) in [7, 11) is 0. The van der Waals surface area contributed by atoms with Crippen molar-refractivity contribution in [3.05, 3.63) is 33.3 Å². The van der Waals surface area contributed by atoms with E-state index in [1.807, 2.05) is 0 Å². The second-order valence-corrected chi connectivity index (χ2v) is 4.01. The van der Waals surface area contributed by atoms with Crippen LogP contribution in [0.5, 0.6) is 5.75 Å². The molecule has 1 N–H and O–H groups in total. The first kappa shape index (κ1) is 11.2. The third kappa shape index (κ3) is 2.43. The van der Waals surface area contributed by atoms with E-state index in [2.05, 4.69) is 5.32 Å². The lowest BCUT2D eigenvalue weighted by atomic mass is 10.3. The van der Waals surface area contributed by atoms with E-state index >= 15 is 0 Å². The minimum atomic E-state index is -0.479. The molecule has 2 rings (SSSR count). The van der Waals surface area contributed by atoms with Gasteiger partial charge in [-0.15, -0.1) is 0 Å². The molecule has 0 bridgehead atoms. The Balaban J connectivity index is 2.12. The number of benzene rings is 1. The van der Waals surface area contributed by atoms with Crippen LogP contribution in [0.3, 0.4) is 0 Å². The summed E-state index contributed by atoms with van der Waals surface area (Å²) in [5, 5.41) is 13.9. The van der Waals surface area contributed by atoms with Gasteiger partial charge in [0.15, 0.2) is 0 Å². The van der Waals surface area contributed by atoms with Crippen LogP contribution in [-0.4, -0.2) is 24.1 Å². The van der Waals surface area contributed by atoms with Gasteiger partial charge in [0.05, 0.1) is 9.95 Å². The Labute approximate surface area is 97.5 Å². The fourth-order valence-corrected chi connectivity index (χ4v) is 1.83. The number of nitro benzene ring substituents is 1. The molecule has 0 amide bonds. The van der Waals surface area contributed by atoms with E-state index in [4.69, 9.17) is 16.3 Å². The molecule has 1 aromatic rings. The lowest BCUT2D eigenvalue weighted by molar-refractivity contribution is -0.384. The van der Waals surface area contributed by atoms with E-state index in [0.717, 1.165) is 19.5 Å². The maximum atomic E-state index is 10.5. The van der Waals surface area contributed by atoms with Gasteiger partial charge in [-0.2, -0.15) is 0 Å². The molecular formula is C10H11ClN2O3. The molecule has 0 aromatic heterocycles. The van der Waals surface area contributed by atoms with Crippen LogP contribution >= 0.6 is 11.6 Å². The molecule has 1 atom stereocenters. The van der Waals surface area contributed by atoms with Crippen molar-refractivity contribution in [2.75, 3.05) is 13.1 Å². The fraction of sp³-hybridized carbons (Fsp3) is 0.400. The molecule has 1 aliphatic heterocycles. The first-order valence-electron chi connectivity index (χ1n) is 4.98. The average molecular weight is 243 g/mol. The molecule has 1 fully saturated rings. The molecule has 5 nitrogen and oxygen atoms in total. The molecule has 0 spiro atoms. The van der Waals surface area contributed by atoms with E-state index in [9.17, 15) is 10.1 Å². The molecule has 1 heterocycles. The van der Waals surface area contributed by atoms with Crippen LogP contribution in [0.25, 0.3) is 0 Å². The Morgan fingerprint density at radius 1 is 1.56 bits per heavy atom. The van der Waals surface area contributed by atoms with E-state index in [0.29, 0.717) is 5.75 Å². The van der Waals surface area contributed by atoms with Crippen molar-refractivity contribution in [2.45, 2.75) is 12.5 Å². The number of non-ortho nitro benzene ring substituents is 1. The van der Waals surface area contributed by atoms with Gasteiger partial charge in [0.25, 0.3) is 5.69 Å². The van der Waals surface area contributed by atoms with Gasteiger partial charge in [0.1, 0.15) is 11.9 Å². The summed E-state index contributed by atoms with van der Waals surface area (Å²) in [6.45, 7) is 1.71. The summed E-state index contributed by atoms with van der Waals surface area (Å²) < 4.78 is 5.62. The molecule has 1 aromatic carbocycles. The van der Waals surface area contributed by atoms with Crippen LogP contribution in [0.1, 0.15) is 6.42 Å². The van der Waals surface area contributed by atoms with Crippen LogP contribution < -0.4 is 10.1 Å². The zero-order valence-electron chi connectivity index (χ0n) is 8.48. The predicted octanol–water partition coefficient (Wildman–Crippen LogP) is 1.99. The van der Waals surface area contributed by atoms with Gasteiger partial charge in [0.2, 0.25) is 0 Å². The van der Waals surface area contributed by atoms with Crippen LogP contribution in [0.4, 0.5) is 5.69 Å². The second-order valence-electron chi connectivity index (χ2n) is 3.60. The van der Waals surface area contributed by atoms with Crippen LogP contribution in [0.15, 0.2) is 18.2 Å². The van der Waals surface area contributed by atoms with Gasteiger partial charge in [-0.25, -0.2) is 0 Å². The van der Waals surface area contributed by atoms with Crippen molar-refractivity contribution in [1.82, 2.24) is 5.32 Å². The van der Waals surface area contributed by atoms with Crippen molar-refractivity contribution in [1.29, 1.82) is 0 Å². The van der Waals surface area contributed by atoms with Gasteiger partial charge in [-0.05, 0) is 19.0 Å². The Hall–Kier alpha value is -1.33. The van der Waals surface area contributed by atoms with Crippen molar-refractivity contribution < 1.29 is 9.66 Å². The number of halogens is 1. The number of nitrogens with zero attached hydrogens (tertiary/aromatic N) is 1. The molecule has 0 radical (unpaired) electrons. The quantitative estimate of drug-likeness (QED) is 0.650. The Morgan fingerprint density at radius 3 is 2.94 bits per heavy atom. The zero-order valence-corrected chi connectivity index (χ0v) is 9.24. The molecule has 16 heavy (non-hydrogen) atoms. The molecule has 0 aliphatic carbocycles. The van der Waals surface area contributed by atoms with E-state index < -0.39 is 4.92 Å². The zero-order chi connectivity index (χ0) is 11.5. The summed E-state index contributed by atoms with van der Waals surface area (Å²) in [6.07, 6.45) is 1.02. The lowest BCUT2D eigenvalue weighted by Gasteiger charge is -2.13. The monoisotopic (exact) mass is 242 g/mol. The van der Waals surface area contributed by atoms with Crippen molar-refractivity contribution in [2.24, 2.45) is 0 Å². The number of ether oxygens (including phenoxy) is 1. The Morgan fingerprint density at radius 2 is 2.38 bits per heavy atom. The topological polar surface area (TPSA) is 64.4 Å². The first-order valence-corrected chi connectivity index (χ1v) is 5.36. The summed E-state index contributed by atoms with van der Waals surface area (Å²) in [6, 6.07) is 4.24. The van der Waals surface area contributed by atoms with Crippen LogP contribution in [0, 0.1) is 10.1 Å². The van der Waals surface area contributed by atoms with E-state index in [-0.39, 0.29) is 16.8 Å². The molecule has 0 saturated carbocycles. The highest BCUT2D eigenvalue weighted by Gasteiger charge is 2.18. The molecule has 86 valence electrons. The third-order valence-electron chi connectivity index (χ3n) is 2.44. The number of hydrogen-bond donors (Lipinski definition) is 1. The molecular weight excluding hydrogens is 232 g/mol. The number of rotatable bonds is 3. The van der Waals surface area contributed by atoms with Gasteiger partial charge >= 0.3 is 0 Å². The molecule has 1 aliphatic rings. The SMILES string of the molecule is O=[N+]([O-])c1ccc(O[C@H]2CCNC2)c(Cl)c1. The minimum Gasteiger partial charge on any atom is -0.487 e. The van der Waals surface area contributed by atoms with Crippen LogP contribution in [-0.2, 0) is 0 Å². The standard InChI is InChI=1S/C10H11ClN2O3/c11-9-5-7(13(14)15)1-2-10(9)16-8-3-4-12-6-8/h1-2,5,8,12H,3-4,6H2/t8-/m0/s1. The van der Waals surface area contributed by atoms with Gasteiger partial charge < -0.3 is 10.1 Å². The van der Waals surface area contributed by atoms with Crippen molar-refractivity contribution >= 4 is 17.3 Å². The van der Waals surface area contributed by atoms with Gasteiger partial charge in [0, 0.05) is 18.7 Å². The third-order valence-corrected chi connectivity index (χ3v) is 2.73. The van der Waals surface area contributed by atoms with Crippen molar-refractivity contribution in [3.8, 4) is 5.75 Å². The highest BCUT2D eigenvalue weighted by Crippen LogP contribution is 2.29. The van der Waals surface area contributed by atoms with E-state index in [1.165, 1.54) is 12.1 Å². The maximum absolute atomic E-state index is 10.5. The molecule has 0 unspecified atom stereocenters. The summed E-state index contributed by atoms with van der Waals surface area (Å²) in [5.41, 5.74) is -0.0260. The van der Waals surface area contributed by atoms with Crippen LogP contribution in [0.2, 0.25) is 5.02 Å². The second kappa shape index (κ2) is 4.67. The summed E-state index contributed by atoms with van der Waals surface area (Å²) in [4.78, 5) is 10.0.